The average Bonchev–Trinajstić information content (AvgIpc) is 2.57. The molecular formula is C16H16N2O7. The zero-order chi connectivity index (χ0) is 18.7. The monoisotopic (exact) mass is 348 g/mol. The first-order chi connectivity index (χ1) is 11.8. The molecule has 0 spiro atoms. The molecule has 0 aliphatic heterocycles. The number of benzene rings is 2. The van der Waals surface area contributed by atoms with Crippen LogP contribution in [-0.2, 0) is 0 Å². The van der Waals surface area contributed by atoms with Gasteiger partial charge in [0.2, 0.25) is 5.75 Å². The van der Waals surface area contributed by atoms with Crippen LogP contribution in [-0.4, -0.2) is 24.1 Å². The lowest BCUT2D eigenvalue weighted by atomic mass is 10.1. The Morgan fingerprint density at radius 3 is 2.04 bits per heavy atom. The maximum Gasteiger partial charge on any atom is 0.312 e. The first-order valence-electron chi connectivity index (χ1n) is 7.13. The second-order valence-electron chi connectivity index (χ2n) is 5.13. The molecule has 0 fully saturated rings. The lowest BCUT2D eigenvalue weighted by Crippen LogP contribution is -2.00. The Bertz CT molecular complexity index is 849. The fourth-order valence-electron chi connectivity index (χ4n) is 2.34. The van der Waals surface area contributed by atoms with Crippen LogP contribution in [0.15, 0.2) is 24.3 Å². The number of non-ortho nitro benzene ring substituents is 1. The molecular weight excluding hydrogens is 332 g/mol. The van der Waals surface area contributed by atoms with Crippen molar-refractivity contribution in [3.05, 3.63) is 55.6 Å². The largest absolute Gasteiger partial charge is 0.496 e. The molecule has 9 nitrogen and oxygen atoms in total. The Morgan fingerprint density at radius 1 is 0.840 bits per heavy atom. The van der Waals surface area contributed by atoms with Gasteiger partial charge in [0, 0.05) is 23.8 Å². The van der Waals surface area contributed by atoms with Crippen molar-refractivity contribution in [2.75, 3.05) is 14.2 Å². The van der Waals surface area contributed by atoms with Crippen molar-refractivity contribution in [1.29, 1.82) is 0 Å². The van der Waals surface area contributed by atoms with Crippen LogP contribution >= 0.6 is 0 Å². The van der Waals surface area contributed by atoms with Crippen molar-refractivity contribution in [3.63, 3.8) is 0 Å². The van der Waals surface area contributed by atoms with Crippen molar-refractivity contribution < 1.29 is 24.1 Å². The van der Waals surface area contributed by atoms with Gasteiger partial charge < -0.3 is 14.2 Å². The van der Waals surface area contributed by atoms with Crippen LogP contribution in [0.3, 0.4) is 0 Å². The highest BCUT2D eigenvalue weighted by atomic mass is 16.6. The molecule has 9 heteroatoms. The molecule has 0 saturated heterocycles. The Labute approximate surface area is 143 Å². The van der Waals surface area contributed by atoms with Crippen molar-refractivity contribution in [2.45, 2.75) is 13.8 Å². The van der Waals surface area contributed by atoms with E-state index in [0.29, 0.717) is 11.5 Å². The molecule has 0 heterocycles. The Hall–Kier alpha value is -3.36. The predicted octanol–water partition coefficient (Wildman–Crippen LogP) is 3.93. The van der Waals surface area contributed by atoms with Gasteiger partial charge in [-0.05, 0) is 19.4 Å². The van der Waals surface area contributed by atoms with Crippen molar-refractivity contribution in [1.82, 2.24) is 0 Å². The molecule has 0 bridgehead atoms. The van der Waals surface area contributed by atoms with Crippen LogP contribution in [0.25, 0.3) is 0 Å². The number of hydrogen-bond acceptors (Lipinski definition) is 7. The fraction of sp³-hybridized carbons (Fsp3) is 0.250. The van der Waals surface area contributed by atoms with Gasteiger partial charge in [-0.3, -0.25) is 20.2 Å². The lowest BCUT2D eigenvalue weighted by Gasteiger charge is -2.17. The van der Waals surface area contributed by atoms with Gasteiger partial charge in [-0.15, -0.1) is 0 Å². The molecule has 2 aromatic rings. The van der Waals surface area contributed by atoms with Crippen LogP contribution in [0, 0.1) is 34.1 Å². The van der Waals surface area contributed by atoms with Gasteiger partial charge in [-0.25, -0.2) is 0 Å². The van der Waals surface area contributed by atoms with Gasteiger partial charge in [0.1, 0.15) is 5.75 Å². The normalized spacial score (nSPS) is 10.2. The van der Waals surface area contributed by atoms with Gasteiger partial charge in [0.15, 0.2) is 11.5 Å². The third-order valence-corrected chi connectivity index (χ3v) is 3.75. The minimum absolute atomic E-state index is 0.158. The summed E-state index contributed by atoms with van der Waals surface area (Å²) < 4.78 is 16.2. The van der Waals surface area contributed by atoms with E-state index in [9.17, 15) is 20.2 Å². The second-order valence-corrected chi connectivity index (χ2v) is 5.13. The minimum atomic E-state index is -0.677. The third kappa shape index (κ3) is 3.44. The second kappa shape index (κ2) is 7.04. The van der Waals surface area contributed by atoms with E-state index < -0.39 is 15.5 Å². The summed E-state index contributed by atoms with van der Waals surface area (Å²) in [6, 6.07) is 4.59. The highest BCUT2D eigenvalue weighted by molar-refractivity contribution is 5.60. The average molecular weight is 348 g/mol. The van der Waals surface area contributed by atoms with E-state index in [1.807, 2.05) is 6.92 Å². The molecule has 0 N–H and O–H groups in total. The smallest absolute Gasteiger partial charge is 0.312 e. The highest BCUT2D eigenvalue weighted by Gasteiger charge is 2.23. The Morgan fingerprint density at radius 2 is 1.52 bits per heavy atom. The molecule has 0 amide bonds. The topological polar surface area (TPSA) is 114 Å². The molecule has 0 aromatic heterocycles. The summed E-state index contributed by atoms with van der Waals surface area (Å²) in [5.74, 6) is 0.759. The van der Waals surface area contributed by atoms with Gasteiger partial charge >= 0.3 is 5.69 Å². The van der Waals surface area contributed by atoms with Gasteiger partial charge in [-0.2, -0.15) is 0 Å². The highest BCUT2D eigenvalue weighted by Crippen LogP contribution is 2.43. The van der Waals surface area contributed by atoms with E-state index in [2.05, 4.69) is 0 Å². The van der Waals surface area contributed by atoms with Crippen LogP contribution in [0.2, 0.25) is 0 Å². The molecule has 0 saturated carbocycles. The maximum absolute atomic E-state index is 11.2. The number of ether oxygens (including phenoxy) is 3. The van der Waals surface area contributed by atoms with Gasteiger partial charge in [0.05, 0.1) is 30.1 Å². The molecule has 0 atom stereocenters. The SMILES string of the molecule is COc1cc(Oc2cc([N+](=O)[O-])ccc2[N+](=O)[O-])c(OC)c(C)c1C. The summed E-state index contributed by atoms with van der Waals surface area (Å²) in [5.41, 5.74) is 0.824. The molecule has 132 valence electrons. The number of rotatable bonds is 6. The van der Waals surface area contributed by atoms with Gasteiger partial charge in [-0.1, -0.05) is 0 Å². The quantitative estimate of drug-likeness (QED) is 0.574. The fourth-order valence-corrected chi connectivity index (χ4v) is 2.34. The van der Waals surface area contributed by atoms with Crippen LogP contribution in [0.4, 0.5) is 11.4 Å². The van der Waals surface area contributed by atoms with Crippen molar-refractivity contribution in [2.24, 2.45) is 0 Å². The Kier molecular flexibility index (Phi) is 5.06. The van der Waals surface area contributed by atoms with Crippen LogP contribution < -0.4 is 14.2 Å². The molecule has 0 aliphatic rings. The summed E-state index contributed by atoms with van der Waals surface area (Å²) in [5, 5.41) is 22.1. The van der Waals surface area contributed by atoms with Crippen LogP contribution in [0.5, 0.6) is 23.0 Å². The molecule has 0 aliphatic carbocycles. The number of nitro benzene ring substituents is 2. The first kappa shape index (κ1) is 18.0. The van der Waals surface area contributed by atoms with E-state index in [-0.39, 0.29) is 17.2 Å². The molecule has 0 radical (unpaired) electrons. The summed E-state index contributed by atoms with van der Waals surface area (Å²) in [7, 11) is 2.91. The van der Waals surface area contributed by atoms with E-state index >= 15 is 0 Å². The van der Waals surface area contributed by atoms with Crippen LogP contribution in [0.1, 0.15) is 11.1 Å². The number of nitro groups is 2. The minimum Gasteiger partial charge on any atom is -0.496 e. The summed E-state index contributed by atoms with van der Waals surface area (Å²) in [6.07, 6.45) is 0. The maximum atomic E-state index is 11.2. The number of nitrogens with zero attached hydrogens (tertiary/aromatic N) is 2. The molecule has 0 unspecified atom stereocenters. The molecule has 2 aromatic carbocycles. The van der Waals surface area contributed by atoms with E-state index in [0.717, 1.165) is 29.3 Å². The van der Waals surface area contributed by atoms with E-state index in [1.165, 1.54) is 20.3 Å². The first-order valence-corrected chi connectivity index (χ1v) is 7.13. The van der Waals surface area contributed by atoms with Crippen molar-refractivity contribution >= 4 is 11.4 Å². The summed E-state index contributed by atoms with van der Waals surface area (Å²) >= 11 is 0. The standard InChI is InChI=1S/C16H16N2O7/c1-9-10(2)16(24-4)15(8-13(9)23-3)25-14-7-11(17(19)20)5-6-12(14)18(21)22/h5-8H,1-4H3. The summed E-state index contributed by atoms with van der Waals surface area (Å²) in [4.78, 5) is 20.8. The van der Waals surface area contributed by atoms with Gasteiger partial charge in [0.25, 0.3) is 5.69 Å². The number of methoxy groups -OCH3 is 2. The molecule has 25 heavy (non-hydrogen) atoms. The lowest BCUT2D eigenvalue weighted by molar-refractivity contribution is -0.389. The summed E-state index contributed by atoms with van der Waals surface area (Å²) in [6.45, 7) is 3.61. The zero-order valence-corrected chi connectivity index (χ0v) is 14.1. The predicted molar refractivity (Wildman–Crippen MR) is 88.8 cm³/mol. The van der Waals surface area contributed by atoms with E-state index in [4.69, 9.17) is 14.2 Å². The number of hydrogen-bond donors (Lipinski definition) is 0. The molecule has 2 rings (SSSR count). The zero-order valence-electron chi connectivity index (χ0n) is 14.1. The Balaban J connectivity index is 2.62. The third-order valence-electron chi connectivity index (χ3n) is 3.75. The van der Waals surface area contributed by atoms with E-state index in [1.54, 1.807) is 6.92 Å². The van der Waals surface area contributed by atoms with Crippen molar-refractivity contribution in [3.8, 4) is 23.0 Å².